The highest BCUT2D eigenvalue weighted by atomic mass is 31.2. The molecule has 142 valence electrons. The highest BCUT2D eigenvalue weighted by molar-refractivity contribution is 7.62. The number of hydrogen-bond donors (Lipinski definition) is 0. The number of ether oxygens (including phenoxy) is 1. The summed E-state index contributed by atoms with van der Waals surface area (Å²) in [6.07, 6.45) is 0. The summed E-state index contributed by atoms with van der Waals surface area (Å²) in [6.45, 7) is 2.09. The zero-order valence-electron chi connectivity index (χ0n) is 15.8. The summed E-state index contributed by atoms with van der Waals surface area (Å²) in [5, 5.41) is 0.550. The lowest BCUT2D eigenvalue weighted by molar-refractivity contribution is 0.279. The fraction of sp³-hybridized carbons (Fsp3) is 0.130. The van der Waals surface area contributed by atoms with Crippen LogP contribution in [0.4, 0.5) is 0 Å². The second kappa shape index (κ2) is 7.67. The first-order valence-electron chi connectivity index (χ1n) is 9.14. The molecule has 1 aliphatic rings. The van der Waals surface area contributed by atoms with Gasteiger partial charge in [-0.2, -0.15) is 0 Å². The minimum atomic E-state index is -3.53. The van der Waals surface area contributed by atoms with E-state index in [4.69, 9.17) is 13.8 Å². The average Bonchev–Trinajstić information content (AvgIpc) is 2.74. The van der Waals surface area contributed by atoms with E-state index in [0.717, 1.165) is 22.3 Å². The molecule has 0 fully saturated rings. The Hall–Kier alpha value is -2.81. The van der Waals surface area contributed by atoms with Crippen LogP contribution in [0, 0.1) is 0 Å². The van der Waals surface area contributed by atoms with E-state index >= 15 is 0 Å². The van der Waals surface area contributed by atoms with Gasteiger partial charge in [0.25, 0.3) is 0 Å². The van der Waals surface area contributed by atoms with Crippen molar-refractivity contribution in [1.82, 2.24) is 0 Å². The number of fused-ring (bicyclic) bond motifs is 1. The van der Waals surface area contributed by atoms with Gasteiger partial charge in [-0.1, -0.05) is 60.7 Å². The van der Waals surface area contributed by atoms with E-state index in [1.54, 1.807) is 19.2 Å². The zero-order chi connectivity index (χ0) is 19.6. The Morgan fingerprint density at radius 2 is 1.54 bits per heavy atom. The molecule has 0 N–H and O–H groups in total. The molecule has 1 aliphatic heterocycles. The normalized spacial score (nSPS) is 18.4. The van der Waals surface area contributed by atoms with Crippen molar-refractivity contribution < 1.29 is 18.3 Å². The van der Waals surface area contributed by atoms with Crippen molar-refractivity contribution in [2.45, 2.75) is 6.92 Å². The molecular weight excluding hydrogens is 371 g/mol. The maximum absolute atomic E-state index is 13.7. The molecule has 0 saturated heterocycles. The fourth-order valence-electron chi connectivity index (χ4n) is 3.36. The molecule has 0 aromatic heterocycles. The highest BCUT2D eigenvalue weighted by Gasteiger charge is 2.39. The van der Waals surface area contributed by atoms with Gasteiger partial charge in [-0.15, -0.1) is 0 Å². The summed E-state index contributed by atoms with van der Waals surface area (Å²) in [5.41, 5.74) is 3.48. The molecule has 0 bridgehead atoms. The van der Waals surface area contributed by atoms with E-state index in [-0.39, 0.29) is 6.61 Å². The Labute approximate surface area is 164 Å². The van der Waals surface area contributed by atoms with Gasteiger partial charge in [0, 0.05) is 16.7 Å². The first kappa shape index (κ1) is 18.5. The van der Waals surface area contributed by atoms with E-state index < -0.39 is 7.60 Å². The van der Waals surface area contributed by atoms with E-state index in [0.29, 0.717) is 16.8 Å². The Morgan fingerprint density at radius 3 is 2.14 bits per heavy atom. The van der Waals surface area contributed by atoms with E-state index in [1.165, 1.54) is 0 Å². The molecule has 0 radical (unpaired) electrons. The Balaban J connectivity index is 2.07. The van der Waals surface area contributed by atoms with Crippen molar-refractivity contribution in [3.8, 4) is 5.75 Å². The van der Waals surface area contributed by atoms with Crippen molar-refractivity contribution in [3.63, 3.8) is 0 Å². The first-order valence-corrected chi connectivity index (χ1v) is 10.7. The van der Waals surface area contributed by atoms with Gasteiger partial charge in [0.1, 0.15) is 11.5 Å². The Bertz CT molecular complexity index is 1060. The number of rotatable bonds is 5. The van der Waals surface area contributed by atoms with Crippen LogP contribution < -0.4 is 10.0 Å². The van der Waals surface area contributed by atoms with Crippen LogP contribution in [0.1, 0.15) is 23.6 Å². The van der Waals surface area contributed by atoms with Gasteiger partial charge in [0.2, 0.25) is 0 Å². The van der Waals surface area contributed by atoms with Gasteiger partial charge in [-0.3, -0.25) is 4.52 Å². The Kier molecular flexibility index (Phi) is 5.08. The van der Waals surface area contributed by atoms with Crippen molar-refractivity contribution >= 4 is 24.2 Å². The van der Waals surface area contributed by atoms with Crippen molar-refractivity contribution in [2.24, 2.45) is 0 Å². The number of benzene rings is 3. The molecule has 3 aromatic rings. The van der Waals surface area contributed by atoms with Gasteiger partial charge >= 0.3 is 7.60 Å². The van der Waals surface area contributed by atoms with Crippen LogP contribution in [0.2, 0.25) is 0 Å². The molecule has 0 spiro atoms. The lowest BCUT2D eigenvalue weighted by Gasteiger charge is -2.30. The van der Waals surface area contributed by atoms with Crippen LogP contribution in [0.3, 0.4) is 0 Å². The van der Waals surface area contributed by atoms with Crippen LogP contribution in [0.25, 0.3) is 11.3 Å². The smallest absolute Gasteiger partial charge is 0.411 e. The fourth-order valence-corrected chi connectivity index (χ4v) is 5.16. The summed E-state index contributed by atoms with van der Waals surface area (Å²) in [5.74, 6) is 1.23. The number of hydrogen-bond acceptors (Lipinski definition) is 4. The number of methoxy groups -OCH3 is 1. The summed E-state index contributed by atoms with van der Waals surface area (Å²) in [4.78, 5) is 0. The monoisotopic (exact) mass is 392 g/mol. The van der Waals surface area contributed by atoms with Crippen LogP contribution in [-0.4, -0.2) is 13.7 Å². The molecule has 0 aliphatic carbocycles. The molecule has 0 amide bonds. The molecule has 4 rings (SSSR count). The van der Waals surface area contributed by atoms with Gasteiger partial charge in [0.15, 0.2) is 0 Å². The third-order valence-corrected chi connectivity index (χ3v) is 6.61. The summed E-state index contributed by atoms with van der Waals surface area (Å²) >= 11 is 0. The third-order valence-electron chi connectivity index (χ3n) is 4.60. The van der Waals surface area contributed by atoms with Crippen LogP contribution >= 0.6 is 7.60 Å². The second-order valence-electron chi connectivity index (χ2n) is 6.33. The van der Waals surface area contributed by atoms with Gasteiger partial charge in [-0.25, -0.2) is 4.57 Å². The predicted octanol–water partition coefficient (Wildman–Crippen LogP) is 5.50. The first-order chi connectivity index (χ1) is 13.7. The molecule has 1 unspecified atom stereocenters. The van der Waals surface area contributed by atoms with Crippen LogP contribution in [0.5, 0.6) is 5.75 Å². The van der Waals surface area contributed by atoms with Crippen molar-refractivity contribution in [3.05, 3.63) is 95.6 Å². The topological polar surface area (TPSA) is 44.8 Å². The third kappa shape index (κ3) is 3.26. The van der Waals surface area contributed by atoms with E-state index in [1.807, 2.05) is 73.7 Å². The van der Waals surface area contributed by atoms with E-state index in [2.05, 4.69) is 0 Å². The van der Waals surface area contributed by atoms with Crippen molar-refractivity contribution in [2.75, 3.05) is 13.7 Å². The quantitative estimate of drug-likeness (QED) is 0.538. The maximum atomic E-state index is 13.7. The molecule has 0 saturated carbocycles. The standard InChI is InChI=1S/C23H21O4P/c1-3-26-28(24)21-15-14-19(25-2)16-20(21)22(17-10-6-4-7-11-17)23(27-28)18-12-8-5-9-13-18/h4-16H,3H2,1-2H3. The largest absolute Gasteiger partial charge is 0.497 e. The van der Waals surface area contributed by atoms with E-state index in [9.17, 15) is 4.57 Å². The van der Waals surface area contributed by atoms with Crippen molar-refractivity contribution in [1.29, 1.82) is 0 Å². The summed E-state index contributed by atoms with van der Waals surface area (Å²) < 4.78 is 30.9. The predicted molar refractivity (Wildman–Crippen MR) is 112 cm³/mol. The average molecular weight is 392 g/mol. The molecule has 3 aromatic carbocycles. The summed E-state index contributed by atoms with van der Waals surface area (Å²) in [6, 6.07) is 25.1. The SMILES string of the molecule is CCOP1(=O)OC(c2ccccc2)=C(c2ccccc2)c2cc(OC)ccc21. The zero-order valence-corrected chi connectivity index (χ0v) is 16.7. The van der Waals surface area contributed by atoms with Crippen LogP contribution in [-0.2, 0) is 13.6 Å². The second-order valence-corrected chi connectivity index (χ2v) is 8.24. The molecular formula is C23H21O4P. The maximum Gasteiger partial charge on any atom is 0.411 e. The Morgan fingerprint density at radius 1 is 0.893 bits per heavy atom. The molecule has 5 heteroatoms. The lowest BCUT2D eigenvalue weighted by atomic mass is 9.94. The molecule has 4 nitrogen and oxygen atoms in total. The van der Waals surface area contributed by atoms with Crippen LogP contribution in [0.15, 0.2) is 78.9 Å². The van der Waals surface area contributed by atoms with Gasteiger partial charge in [0.05, 0.1) is 19.0 Å². The molecule has 28 heavy (non-hydrogen) atoms. The summed E-state index contributed by atoms with van der Waals surface area (Å²) in [7, 11) is -1.91. The molecule has 1 heterocycles. The minimum absolute atomic E-state index is 0.283. The van der Waals surface area contributed by atoms with Gasteiger partial charge in [-0.05, 0) is 30.7 Å². The minimum Gasteiger partial charge on any atom is -0.497 e. The molecule has 1 atom stereocenters. The van der Waals surface area contributed by atoms with Gasteiger partial charge < -0.3 is 9.26 Å². The lowest BCUT2D eigenvalue weighted by Crippen LogP contribution is -2.21. The highest BCUT2D eigenvalue weighted by Crippen LogP contribution is 2.57.